The highest BCUT2D eigenvalue weighted by atomic mass is 19.1. The Balaban J connectivity index is 2.03. The molecular weight excluding hydrogens is 219 g/mol. The minimum absolute atomic E-state index is 0.103. The third-order valence-electron chi connectivity index (χ3n) is 3.70. The summed E-state index contributed by atoms with van der Waals surface area (Å²) < 4.78 is 13.5. The topological polar surface area (TPSA) is 63.8 Å². The number of nitrogens with two attached hydrogens (primary N) is 1. The summed E-state index contributed by atoms with van der Waals surface area (Å²) in [7, 11) is 0. The van der Waals surface area contributed by atoms with Gasteiger partial charge < -0.3 is 11.1 Å². The molecule has 1 heterocycles. The minimum Gasteiger partial charge on any atom is -0.368 e. The average molecular weight is 238 g/mol. The molecule has 1 fully saturated rings. The van der Waals surface area contributed by atoms with Gasteiger partial charge in [-0.3, -0.25) is 0 Å². The Morgan fingerprint density at radius 1 is 1.35 bits per heavy atom. The molecule has 3 unspecified atom stereocenters. The molecule has 94 valence electrons. The van der Waals surface area contributed by atoms with Gasteiger partial charge in [-0.25, -0.2) is 9.37 Å². The van der Waals surface area contributed by atoms with Gasteiger partial charge in [-0.05, 0) is 31.1 Å². The van der Waals surface area contributed by atoms with Crippen molar-refractivity contribution in [2.75, 3.05) is 11.1 Å². The quantitative estimate of drug-likeness (QED) is 0.830. The van der Waals surface area contributed by atoms with E-state index in [1.54, 1.807) is 0 Å². The molecule has 1 aromatic rings. The minimum atomic E-state index is -0.439. The number of rotatable bonds is 2. The monoisotopic (exact) mass is 238 g/mol. The van der Waals surface area contributed by atoms with E-state index >= 15 is 0 Å². The zero-order valence-corrected chi connectivity index (χ0v) is 10.3. The predicted molar refractivity (Wildman–Crippen MR) is 66.0 cm³/mol. The van der Waals surface area contributed by atoms with Gasteiger partial charge in [-0.1, -0.05) is 13.8 Å². The summed E-state index contributed by atoms with van der Waals surface area (Å²) in [4.78, 5) is 7.50. The molecule has 0 amide bonds. The first-order chi connectivity index (χ1) is 8.06. The van der Waals surface area contributed by atoms with Crippen LogP contribution < -0.4 is 11.1 Å². The van der Waals surface area contributed by atoms with E-state index in [9.17, 15) is 4.39 Å². The zero-order chi connectivity index (χ0) is 12.4. The van der Waals surface area contributed by atoms with E-state index in [2.05, 4.69) is 29.1 Å². The lowest BCUT2D eigenvalue weighted by atomic mass is 9.79. The Bertz CT molecular complexity index is 396. The Morgan fingerprint density at radius 3 is 2.82 bits per heavy atom. The number of nitrogens with zero attached hydrogens (tertiary/aromatic N) is 2. The predicted octanol–water partition coefficient (Wildman–Crippen LogP) is 2.43. The molecule has 1 saturated carbocycles. The van der Waals surface area contributed by atoms with E-state index in [1.807, 2.05) is 0 Å². The fraction of sp³-hybridized carbons (Fsp3) is 0.667. The molecule has 0 aromatic carbocycles. The highest BCUT2D eigenvalue weighted by Crippen LogP contribution is 2.31. The van der Waals surface area contributed by atoms with Crippen LogP contribution in [0.5, 0.6) is 0 Å². The summed E-state index contributed by atoms with van der Waals surface area (Å²) in [5, 5.41) is 3.13. The first-order valence-electron chi connectivity index (χ1n) is 6.11. The number of hydrogen-bond donors (Lipinski definition) is 2. The van der Waals surface area contributed by atoms with Crippen LogP contribution in [-0.2, 0) is 0 Å². The number of nitrogens with one attached hydrogen (secondary N) is 1. The normalized spacial score (nSPS) is 29.0. The fourth-order valence-electron chi connectivity index (χ4n) is 2.35. The number of aromatic nitrogens is 2. The van der Waals surface area contributed by atoms with Crippen molar-refractivity contribution in [3.63, 3.8) is 0 Å². The number of halogens is 1. The van der Waals surface area contributed by atoms with Crippen molar-refractivity contribution in [2.24, 2.45) is 11.8 Å². The van der Waals surface area contributed by atoms with Crippen LogP contribution in [0.25, 0.3) is 0 Å². The summed E-state index contributed by atoms with van der Waals surface area (Å²) in [5.74, 6) is 1.29. The van der Waals surface area contributed by atoms with Crippen molar-refractivity contribution in [2.45, 2.75) is 39.2 Å². The maximum Gasteiger partial charge on any atom is 0.222 e. The lowest BCUT2D eigenvalue weighted by Crippen LogP contribution is -2.31. The molecule has 1 aliphatic rings. The van der Waals surface area contributed by atoms with E-state index < -0.39 is 5.82 Å². The SMILES string of the molecule is CC1CCC(Nc2nc(N)ncc2F)CC1C. The van der Waals surface area contributed by atoms with Crippen molar-refractivity contribution in [1.29, 1.82) is 0 Å². The van der Waals surface area contributed by atoms with Crippen LogP contribution in [0.2, 0.25) is 0 Å². The van der Waals surface area contributed by atoms with Crippen LogP contribution in [0, 0.1) is 17.7 Å². The Hall–Kier alpha value is -1.39. The number of anilines is 2. The molecule has 4 nitrogen and oxygen atoms in total. The second-order valence-corrected chi connectivity index (χ2v) is 5.03. The van der Waals surface area contributed by atoms with Gasteiger partial charge in [-0.15, -0.1) is 0 Å². The summed E-state index contributed by atoms with van der Waals surface area (Å²) in [6.07, 6.45) is 4.37. The van der Waals surface area contributed by atoms with Gasteiger partial charge in [0.15, 0.2) is 11.6 Å². The van der Waals surface area contributed by atoms with Crippen LogP contribution in [0.4, 0.5) is 16.2 Å². The van der Waals surface area contributed by atoms with Gasteiger partial charge in [0.25, 0.3) is 0 Å². The molecule has 17 heavy (non-hydrogen) atoms. The molecule has 0 saturated heterocycles. The fourth-order valence-corrected chi connectivity index (χ4v) is 2.35. The molecule has 5 heteroatoms. The molecule has 0 radical (unpaired) electrons. The number of hydrogen-bond acceptors (Lipinski definition) is 4. The summed E-state index contributed by atoms with van der Waals surface area (Å²) in [5.41, 5.74) is 5.45. The van der Waals surface area contributed by atoms with Crippen molar-refractivity contribution < 1.29 is 4.39 Å². The lowest BCUT2D eigenvalue weighted by Gasteiger charge is -2.32. The van der Waals surface area contributed by atoms with Crippen molar-refractivity contribution >= 4 is 11.8 Å². The Labute approximate surface area is 101 Å². The average Bonchev–Trinajstić information content (AvgIpc) is 2.29. The summed E-state index contributed by atoms with van der Waals surface area (Å²) in [6.45, 7) is 4.51. The van der Waals surface area contributed by atoms with Gasteiger partial charge >= 0.3 is 0 Å². The summed E-state index contributed by atoms with van der Waals surface area (Å²) >= 11 is 0. The van der Waals surface area contributed by atoms with E-state index in [1.165, 1.54) is 6.42 Å². The number of nitrogen functional groups attached to an aromatic ring is 1. The van der Waals surface area contributed by atoms with E-state index in [0.717, 1.165) is 25.0 Å². The molecular formula is C12H19FN4. The molecule has 0 spiro atoms. The Morgan fingerprint density at radius 2 is 2.12 bits per heavy atom. The van der Waals surface area contributed by atoms with Gasteiger partial charge in [0.1, 0.15) is 0 Å². The van der Waals surface area contributed by atoms with Crippen molar-refractivity contribution in [1.82, 2.24) is 9.97 Å². The summed E-state index contributed by atoms with van der Waals surface area (Å²) in [6, 6.07) is 0.282. The van der Waals surface area contributed by atoms with Gasteiger partial charge in [0, 0.05) is 6.04 Å². The van der Waals surface area contributed by atoms with Gasteiger partial charge in [-0.2, -0.15) is 4.98 Å². The highest BCUT2D eigenvalue weighted by Gasteiger charge is 2.25. The second kappa shape index (κ2) is 4.85. The molecule has 0 aliphatic heterocycles. The van der Waals surface area contributed by atoms with Crippen molar-refractivity contribution in [3.05, 3.63) is 12.0 Å². The Kier molecular flexibility index (Phi) is 3.45. The molecule has 3 N–H and O–H groups in total. The molecule has 1 aliphatic carbocycles. The molecule has 0 bridgehead atoms. The molecule has 1 aromatic heterocycles. The van der Waals surface area contributed by atoms with Crippen LogP contribution in [0.1, 0.15) is 33.1 Å². The first-order valence-corrected chi connectivity index (χ1v) is 6.11. The standard InChI is InChI=1S/C12H19FN4/c1-7-3-4-9(5-8(7)2)16-11-10(13)6-15-12(14)17-11/h6-9H,3-5H2,1-2H3,(H3,14,15,16,17). The smallest absolute Gasteiger partial charge is 0.222 e. The van der Waals surface area contributed by atoms with Crippen LogP contribution in [0.15, 0.2) is 6.20 Å². The van der Waals surface area contributed by atoms with Crippen molar-refractivity contribution in [3.8, 4) is 0 Å². The van der Waals surface area contributed by atoms with Crippen LogP contribution in [0.3, 0.4) is 0 Å². The third-order valence-corrected chi connectivity index (χ3v) is 3.70. The lowest BCUT2D eigenvalue weighted by molar-refractivity contribution is 0.260. The van der Waals surface area contributed by atoms with E-state index in [0.29, 0.717) is 5.92 Å². The zero-order valence-electron chi connectivity index (χ0n) is 10.3. The maximum atomic E-state index is 13.5. The van der Waals surface area contributed by atoms with Crippen LogP contribution >= 0.6 is 0 Å². The first kappa shape index (κ1) is 12.1. The molecule has 3 atom stereocenters. The highest BCUT2D eigenvalue weighted by molar-refractivity contribution is 5.40. The van der Waals surface area contributed by atoms with Crippen LogP contribution in [-0.4, -0.2) is 16.0 Å². The molecule has 2 rings (SSSR count). The largest absolute Gasteiger partial charge is 0.368 e. The maximum absolute atomic E-state index is 13.5. The van der Waals surface area contributed by atoms with Gasteiger partial charge in [0.05, 0.1) is 6.20 Å². The van der Waals surface area contributed by atoms with Gasteiger partial charge in [0.2, 0.25) is 5.95 Å². The second-order valence-electron chi connectivity index (χ2n) is 5.03. The van der Waals surface area contributed by atoms with E-state index in [-0.39, 0.29) is 17.8 Å². The van der Waals surface area contributed by atoms with E-state index in [4.69, 9.17) is 5.73 Å². The third kappa shape index (κ3) is 2.84.